The van der Waals surface area contributed by atoms with E-state index in [2.05, 4.69) is 27.4 Å². The van der Waals surface area contributed by atoms with Gasteiger partial charge in [0, 0.05) is 31.7 Å². The number of aliphatic imine (C=N–C) groups is 1. The summed E-state index contributed by atoms with van der Waals surface area (Å²) in [5.74, 6) is 1.74. The van der Waals surface area contributed by atoms with E-state index in [0.717, 1.165) is 69.6 Å². The number of hydrogen-bond acceptors (Lipinski definition) is 4. The van der Waals surface area contributed by atoms with Gasteiger partial charge in [-0.25, -0.2) is 4.99 Å². The molecule has 148 valence electrons. The molecule has 0 amide bonds. The Hall–Kier alpha value is -1.06. The van der Waals surface area contributed by atoms with Crippen LogP contribution in [-0.4, -0.2) is 63.9 Å². The number of guanidine groups is 1. The minimum Gasteiger partial charge on any atom is -0.496 e. The van der Waals surface area contributed by atoms with E-state index in [9.17, 15) is 0 Å². The molecule has 0 atom stereocenters. The van der Waals surface area contributed by atoms with E-state index in [0.29, 0.717) is 6.54 Å². The molecule has 0 saturated carbocycles. The average molecular weight is 476 g/mol. The molecule has 2 N–H and O–H groups in total. The van der Waals surface area contributed by atoms with Gasteiger partial charge in [-0.2, -0.15) is 0 Å². The van der Waals surface area contributed by atoms with Crippen LogP contribution >= 0.6 is 24.0 Å². The second-order valence-electron chi connectivity index (χ2n) is 6.09. The molecule has 1 aliphatic rings. The molecule has 0 aromatic heterocycles. The summed E-state index contributed by atoms with van der Waals surface area (Å²) in [6, 6.07) is 8.01. The molecule has 0 aliphatic carbocycles. The molecule has 26 heavy (non-hydrogen) atoms. The van der Waals surface area contributed by atoms with Gasteiger partial charge >= 0.3 is 0 Å². The van der Waals surface area contributed by atoms with E-state index >= 15 is 0 Å². The third kappa shape index (κ3) is 8.55. The summed E-state index contributed by atoms with van der Waals surface area (Å²) >= 11 is 0. The summed E-state index contributed by atoms with van der Waals surface area (Å²) in [6.07, 6.45) is 2.33. The SMILES string of the molecule is CCNC(=NCc1ccccc1OC)NCCCCN1CCOCC1.I. The van der Waals surface area contributed by atoms with Crippen LogP contribution in [-0.2, 0) is 11.3 Å². The molecule has 1 saturated heterocycles. The Balaban J connectivity index is 0.00000338. The molecule has 6 nitrogen and oxygen atoms in total. The van der Waals surface area contributed by atoms with E-state index in [1.807, 2.05) is 24.3 Å². The molecule has 0 unspecified atom stereocenters. The predicted octanol–water partition coefficient (Wildman–Crippen LogP) is 2.48. The third-order valence-corrected chi connectivity index (χ3v) is 4.24. The van der Waals surface area contributed by atoms with Gasteiger partial charge in [-0.3, -0.25) is 4.90 Å². The molecule has 1 fully saturated rings. The Labute approximate surface area is 174 Å². The molecular weight excluding hydrogens is 443 g/mol. The lowest BCUT2D eigenvalue weighted by molar-refractivity contribution is 0.0372. The topological polar surface area (TPSA) is 58.1 Å². The minimum atomic E-state index is 0. The number of ether oxygens (including phenoxy) is 2. The maximum absolute atomic E-state index is 5.38. The van der Waals surface area contributed by atoms with Crippen molar-refractivity contribution in [2.45, 2.75) is 26.3 Å². The summed E-state index contributed by atoms with van der Waals surface area (Å²) in [5.41, 5.74) is 1.09. The normalized spacial score (nSPS) is 15.2. The van der Waals surface area contributed by atoms with Gasteiger partial charge < -0.3 is 20.1 Å². The van der Waals surface area contributed by atoms with Crippen molar-refractivity contribution in [1.82, 2.24) is 15.5 Å². The largest absolute Gasteiger partial charge is 0.496 e. The van der Waals surface area contributed by atoms with Crippen molar-refractivity contribution >= 4 is 29.9 Å². The van der Waals surface area contributed by atoms with Crippen molar-refractivity contribution < 1.29 is 9.47 Å². The Morgan fingerprint density at radius 3 is 2.69 bits per heavy atom. The third-order valence-electron chi connectivity index (χ3n) is 4.24. The van der Waals surface area contributed by atoms with Crippen LogP contribution in [0.25, 0.3) is 0 Å². The highest BCUT2D eigenvalue weighted by molar-refractivity contribution is 14.0. The lowest BCUT2D eigenvalue weighted by Gasteiger charge is -2.26. The Bertz CT molecular complexity index is 522. The van der Waals surface area contributed by atoms with Gasteiger partial charge in [-0.1, -0.05) is 18.2 Å². The zero-order chi connectivity index (χ0) is 17.7. The number of rotatable bonds is 9. The summed E-state index contributed by atoms with van der Waals surface area (Å²) in [4.78, 5) is 7.14. The van der Waals surface area contributed by atoms with Gasteiger partial charge in [0.05, 0.1) is 26.9 Å². The van der Waals surface area contributed by atoms with Gasteiger partial charge in [-0.05, 0) is 32.4 Å². The standard InChI is InChI=1S/C19H32N4O2.HI/c1-3-20-19(22-16-17-8-4-5-9-18(17)24-2)21-10-6-7-11-23-12-14-25-15-13-23;/h4-5,8-9H,3,6-7,10-16H2,1-2H3,(H2,20,21,22);1H. The van der Waals surface area contributed by atoms with Crippen LogP contribution in [0.2, 0.25) is 0 Å². The first kappa shape index (κ1) is 23.0. The van der Waals surface area contributed by atoms with Crippen molar-refractivity contribution in [2.24, 2.45) is 4.99 Å². The van der Waals surface area contributed by atoms with Crippen molar-refractivity contribution in [1.29, 1.82) is 0 Å². The van der Waals surface area contributed by atoms with E-state index < -0.39 is 0 Å². The zero-order valence-corrected chi connectivity index (χ0v) is 18.3. The molecule has 1 aliphatic heterocycles. The summed E-state index contributed by atoms with van der Waals surface area (Å²) in [6.45, 7) is 9.50. The van der Waals surface area contributed by atoms with Crippen LogP contribution < -0.4 is 15.4 Å². The fourth-order valence-corrected chi connectivity index (χ4v) is 2.83. The van der Waals surface area contributed by atoms with Crippen molar-refractivity contribution in [3.8, 4) is 5.75 Å². The van der Waals surface area contributed by atoms with Crippen LogP contribution in [0.4, 0.5) is 0 Å². The second-order valence-corrected chi connectivity index (χ2v) is 6.09. The average Bonchev–Trinajstić information content (AvgIpc) is 2.66. The number of nitrogens with one attached hydrogen (secondary N) is 2. The molecule has 0 spiro atoms. The monoisotopic (exact) mass is 476 g/mol. The van der Waals surface area contributed by atoms with Gasteiger partial charge in [-0.15, -0.1) is 24.0 Å². The van der Waals surface area contributed by atoms with Gasteiger partial charge in [0.15, 0.2) is 5.96 Å². The molecule has 1 aromatic rings. The maximum atomic E-state index is 5.38. The Morgan fingerprint density at radius 1 is 1.19 bits per heavy atom. The second kappa shape index (κ2) is 14.1. The number of methoxy groups -OCH3 is 1. The van der Waals surface area contributed by atoms with E-state index in [-0.39, 0.29) is 24.0 Å². The first-order chi connectivity index (χ1) is 12.3. The van der Waals surface area contributed by atoms with Gasteiger partial charge in [0.2, 0.25) is 0 Å². The molecule has 1 aromatic carbocycles. The fraction of sp³-hybridized carbons (Fsp3) is 0.632. The highest BCUT2D eigenvalue weighted by atomic mass is 127. The molecule has 0 radical (unpaired) electrons. The Kier molecular flexibility index (Phi) is 12.4. The van der Waals surface area contributed by atoms with Gasteiger partial charge in [0.25, 0.3) is 0 Å². The van der Waals surface area contributed by atoms with Crippen molar-refractivity contribution in [2.75, 3.05) is 53.0 Å². The quantitative estimate of drug-likeness (QED) is 0.248. The zero-order valence-electron chi connectivity index (χ0n) is 16.0. The van der Waals surface area contributed by atoms with Crippen LogP contribution in [0.3, 0.4) is 0 Å². The number of morpholine rings is 1. The van der Waals surface area contributed by atoms with Crippen molar-refractivity contribution in [3.05, 3.63) is 29.8 Å². The summed E-state index contributed by atoms with van der Waals surface area (Å²) in [7, 11) is 1.69. The van der Waals surface area contributed by atoms with E-state index in [1.54, 1.807) is 7.11 Å². The number of unbranched alkanes of at least 4 members (excludes halogenated alkanes) is 1. The number of para-hydroxylation sites is 1. The molecule has 0 bridgehead atoms. The predicted molar refractivity (Wildman–Crippen MR) is 118 cm³/mol. The smallest absolute Gasteiger partial charge is 0.191 e. The summed E-state index contributed by atoms with van der Waals surface area (Å²) < 4.78 is 10.8. The van der Waals surface area contributed by atoms with Crippen LogP contribution in [0.1, 0.15) is 25.3 Å². The number of benzene rings is 1. The van der Waals surface area contributed by atoms with Crippen LogP contribution in [0.15, 0.2) is 29.3 Å². The lowest BCUT2D eigenvalue weighted by atomic mass is 10.2. The Morgan fingerprint density at radius 2 is 1.96 bits per heavy atom. The van der Waals surface area contributed by atoms with Crippen LogP contribution in [0.5, 0.6) is 5.75 Å². The van der Waals surface area contributed by atoms with E-state index in [4.69, 9.17) is 9.47 Å². The highest BCUT2D eigenvalue weighted by Gasteiger charge is 2.09. The van der Waals surface area contributed by atoms with Gasteiger partial charge in [0.1, 0.15) is 5.75 Å². The lowest BCUT2D eigenvalue weighted by Crippen LogP contribution is -2.39. The fourth-order valence-electron chi connectivity index (χ4n) is 2.83. The molecular formula is C19H33IN4O2. The first-order valence-electron chi connectivity index (χ1n) is 9.27. The van der Waals surface area contributed by atoms with E-state index in [1.165, 1.54) is 6.42 Å². The highest BCUT2D eigenvalue weighted by Crippen LogP contribution is 2.17. The first-order valence-corrected chi connectivity index (χ1v) is 9.27. The number of halogens is 1. The summed E-state index contributed by atoms with van der Waals surface area (Å²) in [5, 5.41) is 6.72. The molecule has 2 rings (SSSR count). The molecule has 7 heteroatoms. The number of hydrogen-bond donors (Lipinski definition) is 2. The number of nitrogens with zero attached hydrogens (tertiary/aromatic N) is 2. The van der Waals surface area contributed by atoms with Crippen LogP contribution in [0, 0.1) is 0 Å². The van der Waals surface area contributed by atoms with Crippen molar-refractivity contribution in [3.63, 3.8) is 0 Å². The minimum absolute atomic E-state index is 0. The maximum Gasteiger partial charge on any atom is 0.191 e. The molecule has 1 heterocycles.